The van der Waals surface area contributed by atoms with E-state index in [0.29, 0.717) is 22.3 Å². The number of hydrogen-bond acceptors (Lipinski definition) is 5. The summed E-state index contributed by atoms with van der Waals surface area (Å²) in [7, 11) is 0. The van der Waals surface area contributed by atoms with Crippen LogP contribution in [0.4, 0.5) is 26.3 Å². The van der Waals surface area contributed by atoms with Gasteiger partial charge in [-0.05, 0) is 72.9 Å². The highest BCUT2D eigenvalue weighted by molar-refractivity contribution is 8.03. The highest BCUT2D eigenvalue weighted by Crippen LogP contribution is 2.46. The molecular weight excluding hydrogens is 558 g/mol. The second-order valence-electron chi connectivity index (χ2n) is 9.52. The Labute approximate surface area is 228 Å². The van der Waals surface area contributed by atoms with Crippen LogP contribution in [0.25, 0.3) is 15.8 Å². The van der Waals surface area contributed by atoms with Crippen molar-refractivity contribution >= 4 is 38.9 Å². The lowest BCUT2D eigenvalue weighted by molar-refractivity contribution is -0.225. The molecule has 0 saturated carbocycles. The fourth-order valence-corrected chi connectivity index (χ4v) is 6.93. The van der Waals surface area contributed by atoms with Crippen LogP contribution in [0, 0.1) is 17.5 Å². The number of halogens is 6. The molecule has 3 nitrogen and oxygen atoms in total. The molecule has 6 rings (SSSR count). The molecule has 1 aliphatic heterocycles. The largest absolute Gasteiger partial charge is 0.453 e. The number of benzene rings is 2. The molecule has 1 N–H and O–H groups in total. The van der Waals surface area contributed by atoms with Crippen molar-refractivity contribution in [2.45, 2.75) is 43.8 Å². The van der Waals surface area contributed by atoms with Crippen LogP contribution < -0.4 is 5.32 Å². The van der Waals surface area contributed by atoms with Gasteiger partial charge in [0.25, 0.3) is 0 Å². The van der Waals surface area contributed by atoms with Crippen molar-refractivity contribution in [2.75, 3.05) is 0 Å². The third-order valence-electron chi connectivity index (χ3n) is 6.70. The lowest BCUT2D eigenvalue weighted by atomic mass is 9.94. The summed E-state index contributed by atoms with van der Waals surface area (Å²) < 4.78 is 90.8. The first-order valence-electron chi connectivity index (χ1n) is 12.1. The Balaban J connectivity index is 1.20. The normalized spacial score (nSPS) is 21.4. The van der Waals surface area contributed by atoms with Gasteiger partial charge in [0.15, 0.2) is 17.5 Å². The molecule has 2 heterocycles. The predicted octanol–water partition coefficient (Wildman–Crippen LogP) is 8.78. The monoisotopic (exact) mass is 578 g/mol. The first-order chi connectivity index (χ1) is 18.6. The zero-order valence-corrected chi connectivity index (χ0v) is 22.0. The number of thiazole rings is 1. The van der Waals surface area contributed by atoms with Crippen molar-refractivity contribution < 1.29 is 31.1 Å². The first kappa shape index (κ1) is 26.1. The van der Waals surface area contributed by atoms with Crippen LogP contribution >= 0.6 is 23.1 Å². The van der Waals surface area contributed by atoms with E-state index in [4.69, 9.17) is 4.74 Å². The fourth-order valence-electron chi connectivity index (χ4n) is 4.70. The molecule has 0 fully saturated rings. The van der Waals surface area contributed by atoms with E-state index in [2.05, 4.69) is 23.3 Å². The minimum atomic E-state index is -3.84. The number of thioether (sulfide) groups is 1. The maximum absolute atomic E-state index is 15.1. The summed E-state index contributed by atoms with van der Waals surface area (Å²) in [5.41, 5.74) is 3.46. The van der Waals surface area contributed by atoms with Gasteiger partial charge in [-0.25, -0.2) is 22.5 Å². The Kier molecular flexibility index (Phi) is 6.53. The van der Waals surface area contributed by atoms with Crippen molar-refractivity contribution in [1.29, 1.82) is 0 Å². The van der Waals surface area contributed by atoms with Gasteiger partial charge in [0.1, 0.15) is 17.3 Å². The van der Waals surface area contributed by atoms with Crippen LogP contribution in [0.1, 0.15) is 47.7 Å². The number of allylic oxidation sites excluding steroid dienone is 7. The van der Waals surface area contributed by atoms with Gasteiger partial charge >= 0.3 is 6.11 Å². The number of aromatic nitrogens is 1. The van der Waals surface area contributed by atoms with E-state index >= 15 is 8.78 Å². The van der Waals surface area contributed by atoms with Gasteiger partial charge in [-0.2, -0.15) is 8.78 Å². The number of ether oxygens (including phenoxy) is 1. The van der Waals surface area contributed by atoms with Crippen LogP contribution in [0.5, 0.6) is 0 Å². The molecule has 3 aromatic rings. The van der Waals surface area contributed by atoms with E-state index < -0.39 is 41.2 Å². The van der Waals surface area contributed by atoms with Crippen LogP contribution in [0.15, 0.2) is 70.5 Å². The Bertz CT molecular complexity index is 1600. The summed E-state index contributed by atoms with van der Waals surface area (Å²) >= 11 is 2.48. The minimum Gasteiger partial charge on any atom is -0.432 e. The Morgan fingerprint density at radius 3 is 2.56 bits per heavy atom. The van der Waals surface area contributed by atoms with E-state index in [1.54, 1.807) is 17.8 Å². The van der Waals surface area contributed by atoms with E-state index in [1.165, 1.54) is 16.2 Å². The van der Waals surface area contributed by atoms with Crippen LogP contribution in [-0.2, 0) is 10.8 Å². The van der Waals surface area contributed by atoms with E-state index in [-0.39, 0.29) is 22.3 Å². The summed E-state index contributed by atoms with van der Waals surface area (Å²) in [6.45, 7) is 2.10. The summed E-state index contributed by atoms with van der Waals surface area (Å²) in [5, 5.41) is 2.91. The molecule has 0 amide bonds. The molecule has 2 aliphatic carbocycles. The third kappa shape index (κ3) is 4.98. The maximum atomic E-state index is 15.1. The van der Waals surface area contributed by atoms with E-state index in [0.717, 1.165) is 41.9 Å². The van der Waals surface area contributed by atoms with Gasteiger partial charge in [0, 0.05) is 17.0 Å². The van der Waals surface area contributed by atoms with Gasteiger partial charge in [-0.3, -0.25) is 0 Å². The first-order valence-corrected chi connectivity index (χ1v) is 13.8. The quantitative estimate of drug-likeness (QED) is 0.242. The summed E-state index contributed by atoms with van der Waals surface area (Å²) in [5.74, 6) is -4.97. The highest BCUT2D eigenvalue weighted by Gasteiger charge is 2.40. The number of nitrogens with zero attached hydrogens (tertiary/aromatic N) is 1. The van der Waals surface area contributed by atoms with Crippen LogP contribution in [-0.4, -0.2) is 11.2 Å². The van der Waals surface area contributed by atoms with Crippen molar-refractivity contribution in [3.8, 4) is 0 Å². The molecule has 0 saturated heterocycles. The SMILES string of the molecule is CC1=CC2=C(CC1)NC(c1ccc3nc(C(F)(F)OC4=CC=C(c5cc(F)c(F)c(F)c5)C(F)C4)sc3c1)S2. The Morgan fingerprint density at radius 1 is 1.05 bits per heavy atom. The second-order valence-corrected chi connectivity index (χ2v) is 11.7. The van der Waals surface area contributed by atoms with Gasteiger partial charge in [0.05, 0.1) is 10.2 Å². The number of nitrogens with one attached hydrogen (secondary N) is 1. The number of fused-ring (bicyclic) bond motifs is 1. The molecule has 202 valence electrons. The smallest absolute Gasteiger partial charge is 0.432 e. The van der Waals surface area contributed by atoms with Gasteiger partial charge < -0.3 is 10.1 Å². The molecule has 0 spiro atoms. The van der Waals surface area contributed by atoms with Crippen molar-refractivity contribution in [2.24, 2.45) is 0 Å². The molecule has 1 aromatic heterocycles. The van der Waals surface area contributed by atoms with Crippen LogP contribution in [0.2, 0.25) is 0 Å². The number of alkyl halides is 3. The van der Waals surface area contributed by atoms with E-state index in [9.17, 15) is 17.6 Å². The lowest BCUT2D eigenvalue weighted by Crippen LogP contribution is -2.20. The molecule has 0 radical (unpaired) electrons. The molecule has 2 unspecified atom stereocenters. The number of hydrogen-bond donors (Lipinski definition) is 1. The van der Waals surface area contributed by atoms with Gasteiger partial charge in [-0.1, -0.05) is 29.5 Å². The van der Waals surface area contributed by atoms with Crippen LogP contribution in [0.3, 0.4) is 0 Å². The summed E-state index contributed by atoms with van der Waals surface area (Å²) in [6, 6.07) is 6.69. The molecule has 2 atom stereocenters. The zero-order chi connectivity index (χ0) is 27.5. The predicted molar refractivity (Wildman–Crippen MR) is 140 cm³/mol. The molecule has 39 heavy (non-hydrogen) atoms. The van der Waals surface area contributed by atoms with Gasteiger partial charge in [-0.15, -0.1) is 11.3 Å². The summed E-state index contributed by atoms with van der Waals surface area (Å²) in [6.07, 6.45) is 0.00882. The second kappa shape index (κ2) is 9.78. The fraction of sp³-hybridized carbons (Fsp3) is 0.250. The van der Waals surface area contributed by atoms with E-state index in [1.807, 2.05) is 12.1 Å². The molecular formula is C28H20F6N2OS2. The Morgan fingerprint density at radius 2 is 1.82 bits per heavy atom. The molecule has 2 aromatic carbocycles. The van der Waals surface area contributed by atoms with Gasteiger partial charge in [0.2, 0.25) is 5.01 Å². The van der Waals surface area contributed by atoms with Crippen molar-refractivity contribution in [3.05, 3.63) is 104 Å². The summed E-state index contributed by atoms with van der Waals surface area (Å²) in [4.78, 5) is 5.25. The standard InChI is InChI=1S/C28H20F6N2OS2/c1-13-2-6-21-23(8-13)38-26(35-21)14-3-7-22-24(11-14)39-27(36-22)28(33,34)37-16-4-5-17(18(29)12-16)15-9-19(30)25(32)20(31)10-15/h3-5,7-11,18,26,35H,2,6,12H2,1H3. The number of rotatable bonds is 5. The average Bonchev–Trinajstić information content (AvgIpc) is 3.51. The molecule has 3 aliphatic rings. The van der Waals surface area contributed by atoms with Crippen molar-refractivity contribution in [3.63, 3.8) is 0 Å². The topological polar surface area (TPSA) is 34.2 Å². The maximum Gasteiger partial charge on any atom is 0.453 e. The third-order valence-corrected chi connectivity index (χ3v) is 9.01. The van der Waals surface area contributed by atoms with Crippen molar-refractivity contribution in [1.82, 2.24) is 10.3 Å². The lowest BCUT2D eigenvalue weighted by Gasteiger charge is -2.23. The Hall–Kier alpha value is -3.18. The zero-order valence-electron chi connectivity index (χ0n) is 20.3. The minimum absolute atomic E-state index is 0.0261. The molecule has 0 bridgehead atoms. The average molecular weight is 579 g/mol. The molecule has 11 heteroatoms. The highest BCUT2D eigenvalue weighted by atomic mass is 32.2.